The molecule has 194 valence electrons. The molecule has 0 radical (unpaired) electrons. The van der Waals surface area contributed by atoms with Gasteiger partial charge >= 0.3 is 29.6 Å². The molecule has 1 atom stereocenters. The summed E-state index contributed by atoms with van der Waals surface area (Å²) in [6, 6.07) is 26.9. The van der Waals surface area contributed by atoms with E-state index >= 15 is 0 Å². The first-order valence-corrected chi connectivity index (χ1v) is 13.4. The molecule has 1 unspecified atom stereocenters. The van der Waals surface area contributed by atoms with Crippen LogP contribution >= 0.6 is 0 Å². The van der Waals surface area contributed by atoms with E-state index in [2.05, 4.69) is 86.8 Å². The zero-order chi connectivity index (χ0) is 27.2. The van der Waals surface area contributed by atoms with Crippen molar-refractivity contribution in [2.24, 2.45) is 9.98 Å². The molecule has 4 nitrogen and oxygen atoms in total. The molecule has 0 saturated heterocycles. The summed E-state index contributed by atoms with van der Waals surface area (Å²) in [5, 5.41) is 5.22. The van der Waals surface area contributed by atoms with E-state index in [1.807, 2.05) is 44.9 Å². The van der Waals surface area contributed by atoms with E-state index < -0.39 is 0 Å². The van der Waals surface area contributed by atoms with Gasteiger partial charge in [-0.05, 0) is 60.0 Å². The third-order valence-corrected chi connectivity index (χ3v) is 6.86. The third-order valence-electron chi connectivity index (χ3n) is 6.86. The summed E-state index contributed by atoms with van der Waals surface area (Å²) in [6.45, 7) is 16.7. The number of aliphatic imine (C=N–C) groups is 2. The smallest absolute Gasteiger partial charge is 0.401 e. The van der Waals surface area contributed by atoms with E-state index in [1.165, 1.54) is 5.56 Å². The molecule has 5 rings (SSSR count). The van der Waals surface area contributed by atoms with Crippen LogP contribution < -0.4 is 29.6 Å². The SMILES string of the molecule is C=C(C)c1ccc(C([N-]C2=NC(C3=Nc4ccccc4C3)=C(CC)C(=C)N2C)c2ccccc2)cc1.CC.[Na+]. The molecule has 0 saturated carbocycles. The first-order valence-electron chi connectivity index (χ1n) is 13.4. The summed E-state index contributed by atoms with van der Waals surface area (Å²) in [6.07, 6.45) is 1.60. The maximum atomic E-state index is 5.22. The van der Waals surface area contributed by atoms with Crippen molar-refractivity contribution in [3.05, 3.63) is 137 Å². The first-order chi connectivity index (χ1) is 18.5. The Kier molecular flexibility index (Phi) is 10.7. The molecule has 2 heterocycles. The van der Waals surface area contributed by atoms with Crippen LogP contribution in [0.3, 0.4) is 0 Å². The topological polar surface area (TPSA) is 42.1 Å². The molecule has 2 aliphatic rings. The molecule has 0 amide bonds. The van der Waals surface area contributed by atoms with Crippen LogP contribution in [0.4, 0.5) is 5.69 Å². The standard InChI is InChI=1S/C32H31N4.C2H6.Na/c1-6-27-22(4)36(5)32(35-31(27)29-20-26-14-10-11-15-28(26)33-29)34-30(24-12-8-7-9-13-24)25-18-16-23(17-19-25)21(2)3;1-2;/h7-19,30H,2,4,6,20H2,1,3,5H3;1-2H3;/q-1;;+1. The van der Waals surface area contributed by atoms with Gasteiger partial charge in [-0.2, -0.15) is 0 Å². The number of benzene rings is 3. The second-order valence-corrected chi connectivity index (χ2v) is 9.31. The monoisotopic (exact) mass is 524 g/mol. The van der Waals surface area contributed by atoms with Gasteiger partial charge in [-0.15, -0.1) is 0 Å². The molecule has 0 fully saturated rings. The van der Waals surface area contributed by atoms with Gasteiger partial charge in [0, 0.05) is 24.1 Å². The molecular weight excluding hydrogens is 487 g/mol. The van der Waals surface area contributed by atoms with E-state index in [-0.39, 0.29) is 35.6 Å². The molecule has 5 heteroatoms. The molecule has 0 bridgehead atoms. The average molecular weight is 525 g/mol. The van der Waals surface area contributed by atoms with E-state index in [0.717, 1.165) is 63.5 Å². The quantitative estimate of drug-likeness (QED) is 0.364. The number of guanidine groups is 1. The van der Waals surface area contributed by atoms with Crippen molar-refractivity contribution in [1.29, 1.82) is 0 Å². The van der Waals surface area contributed by atoms with Crippen molar-refractivity contribution >= 4 is 22.9 Å². The van der Waals surface area contributed by atoms with Gasteiger partial charge in [-0.3, -0.25) is 4.99 Å². The minimum atomic E-state index is -0.202. The van der Waals surface area contributed by atoms with Crippen molar-refractivity contribution in [2.45, 2.75) is 46.6 Å². The molecule has 2 aliphatic heterocycles. The van der Waals surface area contributed by atoms with Gasteiger partial charge in [0.05, 0.1) is 11.4 Å². The van der Waals surface area contributed by atoms with Crippen molar-refractivity contribution in [1.82, 2.24) is 4.90 Å². The Hall–Kier alpha value is -3.18. The normalized spacial score (nSPS) is 14.8. The Morgan fingerprint density at radius 1 is 0.923 bits per heavy atom. The van der Waals surface area contributed by atoms with Gasteiger partial charge < -0.3 is 15.2 Å². The number of para-hydroxylation sites is 1. The summed E-state index contributed by atoms with van der Waals surface area (Å²) in [5.41, 5.74) is 10.6. The van der Waals surface area contributed by atoms with E-state index in [1.54, 1.807) is 0 Å². The van der Waals surface area contributed by atoms with Crippen LogP contribution in [0.15, 0.2) is 119 Å². The summed E-state index contributed by atoms with van der Waals surface area (Å²) in [5.74, 6) is 0.642. The van der Waals surface area contributed by atoms with E-state index in [0.29, 0.717) is 5.96 Å². The maximum absolute atomic E-state index is 5.22. The number of rotatable bonds is 6. The van der Waals surface area contributed by atoms with Crippen molar-refractivity contribution < 1.29 is 29.6 Å². The van der Waals surface area contributed by atoms with E-state index in [4.69, 9.17) is 15.3 Å². The Balaban J connectivity index is 0.00000137. The van der Waals surface area contributed by atoms with Crippen LogP contribution in [0.25, 0.3) is 10.9 Å². The molecule has 3 aromatic rings. The van der Waals surface area contributed by atoms with Gasteiger partial charge in [-0.1, -0.05) is 112 Å². The van der Waals surface area contributed by atoms with Gasteiger partial charge in [-0.25, -0.2) is 0 Å². The van der Waals surface area contributed by atoms with Crippen LogP contribution in [0.5, 0.6) is 0 Å². The van der Waals surface area contributed by atoms with E-state index in [9.17, 15) is 0 Å². The van der Waals surface area contributed by atoms with Crippen LogP contribution in [0.2, 0.25) is 0 Å². The van der Waals surface area contributed by atoms with Crippen molar-refractivity contribution in [2.75, 3.05) is 7.05 Å². The Morgan fingerprint density at radius 2 is 1.54 bits per heavy atom. The zero-order valence-electron chi connectivity index (χ0n) is 24.2. The molecule has 0 spiro atoms. The van der Waals surface area contributed by atoms with Gasteiger partial charge in [0.1, 0.15) is 0 Å². The summed E-state index contributed by atoms with van der Waals surface area (Å²) >= 11 is 0. The Bertz CT molecular complexity index is 1420. The van der Waals surface area contributed by atoms with Crippen LogP contribution in [0, 0.1) is 0 Å². The van der Waals surface area contributed by atoms with Crippen LogP contribution in [-0.4, -0.2) is 23.6 Å². The fourth-order valence-electron chi connectivity index (χ4n) is 4.74. The van der Waals surface area contributed by atoms with Crippen molar-refractivity contribution in [3.63, 3.8) is 0 Å². The van der Waals surface area contributed by atoms with Crippen LogP contribution in [0.1, 0.15) is 62.4 Å². The zero-order valence-corrected chi connectivity index (χ0v) is 26.2. The number of likely N-dealkylation sites (N-methyl/N-ethyl adjacent to an activating group) is 1. The molecule has 0 aliphatic carbocycles. The minimum Gasteiger partial charge on any atom is -0.401 e. The fraction of sp³-hybridized carbons (Fsp3) is 0.235. The predicted molar refractivity (Wildman–Crippen MR) is 163 cm³/mol. The second-order valence-electron chi connectivity index (χ2n) is 9.31. The number of nitrogens with zero attached hydrogens (tertiary/aromatic N) is 4. The largest absolute Gasteiger partial charge is 1.00 e. The second kappa shape index (κ2) is 13.7. The Morgan fingerprint density at radius 3 is 2.15 bits per heavy atom. The third kappa shape index (κ3) is 6.52. The fourth-order valence-corrected chi connectivity index (χ4v) is 4.74. The molecule has 0 aromatic heterocycles. The minimum absolute atomic E-state index is 0. The summed E-state index contributed by atoms with van der Waals surface area (Å²) in [4.78, 5) is 12.1. The first kappa shape index (κ1) is 30.4. The number of hydrogen-bond donors (Lipinski definition) is 0. The van der Waals surface area contributed by atoms with Gasteiger partial charge in [0.15, 0.2) is 0 Å². The molecule has 39 heavy (non-hydrogen) atoms. The molecule has 0 N–H and O–H groups in total. The number of fused-ring (bicyclic) bond motifs is 1. The average Bonchev–Trinajstić information content (AvgIpc) is 3.39. The number of allylic oxidation sites excluding steroid dienone is 3. The van der Waals surface area contributed by atoms with Gasteiger partial charge in [0.25, 0.3) is 0 Å². The Labute approximate surface area is 256 Å². The summed E-state index contributed by atoms with van der Waals surface area (Å²) < 4.78 is 0. The maximum Gasteiger partial charge on any atom is 1.00 e. The van der Waals surface area contributed by atoms with Crippen molar-refractivity contribution in [3.8, 4) is 0 Å². The predicted octanol–water partition coefficient (Wildman–Crippen LogP) is 6.02. The van der Waals surface area contributed by atoms with Gasteiger partial charge in [0.2, 0.25) is 0 Å². The number of hydrogen-bond acceptors (Lipinski definition) is 3. The van der Waals surface area contributed by atoms with Crippen LogP contribution in [-0.2, 0) is 6.42 Å². The molecular formula is C34H37N4Na. The molecule has 3 aromatic carbocycles. The summed E-state index contributed by atoms with van der Waals surface area (Å²) in [7, 11) is 1.99.